The zero-order chi connectivity index (χ0) is 31.3. The molecule has 43 heavy (non-hydrogen) atoms. The molecule has 0 aliphatic carbocycles. The Labute approximate surface area is 259 Å². The molecule has 4 rings (SSSR count). The first-order valence-corrected chi connectivity index (χ1v) is 17.2. The molecule has 1 heterocycles. The van der Waals surface area contributed by atoms with Crippen LogP contribution in [0, 0.1) is 0 Å². The molecular weight excluding hydrogens is 552 g/mol. The number of nitrogens with zero attached hydrogens (tertiary/aromatic N) is 2. The molecule has 3 aromatic rings. The topological polar surface area (TPSA) is 62.2 Å². The van der Waals surface area contributed by atoms with Gasteiger partial charge in [0.15, 0.2) is 0 Å². The number of ether oxygens (including phenoxy) is 1. The summed E-state index contributed by atoms with van der Waals surface area (Å²) in [6.45, 7) is 17.1. The maximum absolute atomic E-state index is 13.7. The fourth-order valence-corrected chi connectivity index (χ4v) is 11.0. The number of carbonyl (C=O) groups is 1. The maximum Gasteiger partial charge on any atom is 0.410 e. The minimum atomic E-state index is -2.87. The van der Waals surface area contributed by atoms with Crippen molar-refractivity contribution in [2.24, 2.45) is 0 Å². The smallest absolute Gasteiger partial charge is 0.410 e. The summed E-state index contributed by atoms with van der Waals surface area (Å²) >= 11 is 0. The number of amides is 1. The molecule has 7 heteroatoms. The number of rotatable bonds is 10. The molecule has 1 N–H and O–H groups in total. The molecule has 6 nitrogen and oxygen atoms in total. The molecule has 0 aromatic heterocycles. The molecule has 0 spiro atoms. The van der Waals surface area contributed by atoms with E-state index in [1.165, 1.54) is 15.4 Å². The summed E-state index contributed by atoms with van der Waals surface area (Å²) in [6.07, 6.45) is 2.21. The van der Waals surface area contributed by atoms with E-state index in [4.69, 9.17) is 9.16 Å². The van der Waals surface area contributed by atoms with Crippen LogP contribution in [0.5, 0.6) is 0 Å². The van der Waals surface area contributed by atoms with Gasteiger partial charge in [0.1, 0.15) is 5.60 Å². The maximum atomic E-state index is 13.7. The van der Waals surface area contributed by atoms with Crippen LogP contribution >= 0.6 is 0 Å². The van der Waals surface area contributed by atoms with E-state index in [1.807, 2.05) is 69.3 Å². The first-order valence-electron chi connectivity index (χ1n) is 15.2. The number of carbonyl (C=O) groups excluding carboxylic acids is 1. The van der Waals surface area contributed by atoms with Gasteiger partial charge in [0.25, 0.3) is 8.32 Å². The Bertz CT molecular complexity index is 1280. The van der Waals surface area contributed by atoms with Crippen LogP contribution in [0.15, 0.2) is 104 Å². The molecule has 1 saturated heterocycles. The highest BCUT2D eigenvalue weighted by molar-refractivity contribution is 6.99. The summed E-state index contributed by atoms with van der Waals surface area (Å²) in [5.41, 5.74) is 0.330. The van der Waals surface area contributed by atoms with Crippen molar-refractivity contribution in [1.29, 1.82) is 0 Å². The summed E-state index contributed by atoms with van der Waals surface area (Å²) in [7, 11) is -2.87. The predicted octanol–water partition coefficient (Wildman–Crippen LogP) is 6.78. The van der Waals surface area contributed by atoms with E-state index in [2.05, 4.69) is 75.9 Å². The van der Waals surface area contributed by atoms with Crippen molar-refractivity contribution in [2.45, 2.75) is 89.8 Å². The average molecular weight is 601 g/mol. The number of hydroxylamine groups is 2. The quantitative estimate of drug-likeness (QED) is 0.158. The molecule has 0 bridgehead atoms. The Morgan fingerprint density at radius 2 is 1.47 bits per heavy atom. The molecule has 0 saturated carbocycles. The second kappa shape index (κ2) is 13.6. The first-order chi connectivity index (χ1) is 20.4. The summed E-state index contributed by atoms with van der Waals surface area (Å²) in [6, 6.07) is 30.2. The van der Waals surface area contributed by atoms with Gasteiger partial charge in [-0.25, -0.2) is 4.79 Å². The van der Waals surface area contributed by atoms with Gasteiger partial charge in [0, 0.05) is 13.1 Å². The van der Waals surface area contributed by atoms with Crippen molar-refractivity contribution < 1.29 is 19.2 Å². The van der Waals surface area contributed by atoms with E-state index in [1.54, 1.807) is 4.90 Å². The van der Waals surface area contributed by atoms with Crippen LogP contribution in [0.2, 0.25) is 5.04 Å². The Morgan fingerprint density at radius 3 is 1.93 bits per heavy atom. The molecular formula is C36H48N2O4Si. The van der Waals surface area contributed by atoms with Gasteiger partial charge in [-0.1, -0.05) is 118 Å². The Hall–Kier alpha value is -3.23. The zero-order valence-electron chi connectivity index (χ0n) is 26.6. The normalized spacial score (nSPS) is 18.5. The monoisotopic (exact) mass is 600 g/mol. The standard InChI is InChI=1S/C36H48N2O4Si/c1-8-18-32(38(40)26-28-19-12-9-13-20-28)33-25-29(27-37(33)34(39)41-35(2,3)4)42-43(36(5,6)7,30-21-14-10-15-22-30)31-23-16-11-17-24-31/h8-17,19-24,29,32-33,40H,1,18,25-27H2,2-7H3/t29-,32+,33-/m1/s1. The summed E-state index contributed by atoms with van der Waals surface area (Å²) < 4.78 is 13.4. The van der Waals surface area contributed by atoms with Crippen LogP contribution in [0.1, 0.15) is 59.9 Å². The predicted molar refractivity (Wildman–Crippen MR) is 176 cm³/mol. The van der Waals surface area contributed by atoms with Crippen LogP contribution in [0.4, 0.5) is 4.79 Å². The average Bonchev–Trinajstić information content (AvgIpc) is 3.38. The molecule has 3 atom stereocenters. The summed E-state index contributed by atoms with van der Waals surface area (Å²) in [4.78, 5) is 15.5. The van der Waals surface area contributed by atoms with E-state index < -0.39 is 26.1 Å². The van der Waals surface area contributed by atoms with Gasteiger partial charge < -0.3 is 19.3 Å². The number of hydrogen-bond donors (Lipinski definition) is 1. The number of benzene rings is 3. The van der Waals surface area contributed by atoms with Gasteiger partial charge in [-0.2, -0.15) is 5.06 Å². The van der Waals surface area contributed by atoms with Crippen LogP contribution < -0.4 is 10.4 Å². The van der Waals surface area contributed by atoms with Crippen LogP contribution in [-0.2, 0) is 15.7 Å². The number of likely N-dealkylation sites (tertiary alicyclic amines) is 1. The van der Waals surface area contributed by atoms with Crippen molar-refractivity contribution in [2.75, 3.05) is 6.54 Å². The van der Waals surface area contributed by atoms with Gasteiger partial charge in [0.2, 0.25) is 0 Å². The van der Waals surface area contributed by atoms with Gasteiger partial charge >= 0.3 is 6.09 Å². The van der Waals surface area contributed by atoms with E-state index in [-0.39, 0.29) is 17.2 Å². The lowest BCUT2D eigenvalue weighted by molar-refractivity contribution is -0.149. The van der Waals surface area contributed by atoms with Gasteiger partial charge in [-0.3, -0.25) is 0 Å². The third-order valence-electron chi connectivity index (χ3n) is 8.12. The first kappa shape index (κ1) is 32.7. The molecule has 3 aromatic carbocycles. The minimum Gasteiger partial charge on any atom is -0.444 e. The fraction of sp³-hybridized carbons (Fsp3) is 0.417. The lowest BCUT2D eigenvalue weighted by atomic mass is 10.0. The highest BCUT2D eigenvalue weighted by Gasteiger charge is 2.54. The lowest BCUT2D eigenvalue weighted by Crippen LogP contribution is -2.67. The van der Waals surface area contributed by atoms with Crippen molar-refractivity contribution in [1.82, 2.24) is 9.96 Å². The molecule has 0 radical (unpaired) electrons. The summed E-state index contributed by atoms with van der Waals surface area (Å²) in [5, 5.41) is 15.0. The summed E-state index contributed by atoms with van der Waals surface area (Å²) in [5.74, 6) is 0. The van der Waals surface area contributed by atoms with Crippen LogP contribution in [0.3, 0.4) is 0 Å². The molecule has 230 valence electrons. The van der Waals surface area contributed by atoms with E-state index in [0.29, 0.717) is 25.9 Å². The SMILES string of the molecule is C=CC[C@@H]([C@H]1C[C@@H](O[Si](c2ccccc2)(c2ccccc2)C(C)(C)C)CN1C(=O)OC(C)(C)C)N(O)Cc1ccccc1. The van der Waals surface area contributed by atoms with Gasteiger partial charge in [0.05, 0.1) is 18.2 Å². The lowest BCUT2D eigenvalue weighted by Gasteiger charge is -2.44. The Morgan fingerprint density at radius 1 is 0.953 bits per heavy atom. The van der Waals surface area contributed by atoms with Crippen molar-refractivity contribution in [3.05, 3.63) is 109 Å². The highest BCUT2D eigenvalue weighted by Crippen LogP contribution is 2.40. The molecule has 1 fully saturated rings. The fourth-order valence-electron chi connectivity index (χ4n) is 6.28. The van der Waals surface area contributed by atoms with E-state index in [0.717, 1.165) is 5.56 Å². The van der Waals surface area contributed by atoms with Crippen LogP contribution in [0.25, 0.3) is 0 Å². The Kier molecular flexibility index (Phi) is 10.3. The van der Waals surface area contributed by atoms with Crippen LogP contribution in [-0.4, -0.2) is 59.9 Å². The van der Waals surface area contributed by atoms with Gasteiger partial charge in [-0.15, -0.1) is 6.58 Å². The molecule has 1 amide bonds. The van der Waals surface area contributed by atoms with Crippen molar-refractivity contribution in [3.8, 4) is 0 Å². The zero-order valence-corrected chi connectivity index (χ0v) is 27.6. The van der Waals surface area contributed by atoms with E-state index in [9.17, 15) is 10.0 Å². The molecule has 1 aliphatic heterocycles. The minimum absolute atomic E-state index is 0.207. The third kappa shape index (κ3) is 7.65. The number of hydrogen-bond acceptors (Lipinski definition) is 5. The molecule has 0 unspecified atom stereocenters. The largest absolute Gasteiger partial charge is 0.444 e. The van der Waals surface area contributed by atoms with Crippen molar-refractivity contribution >= 4 is 24.8 Å². The van der Waals surface area contributed by atoms with Gasteiger partial charge in [-0.05, 0) is 54.6 Å². The van der Waals surface area contributed by atoms with E-state index >= 15 is 0 Å². The van der Waals surface area contributed by atoms with Crippen molar-refractivity contribution in [3.63, 3.8) is 0 Å². The third-order valence-corrected chi connectivity index (χ3v) is 13.2. The second-order valence-corrected chi connectivity index (χ2v) is 17.8. The Balaban J connectivity index is 1.75. The second-order valence-electron chi connectivity index (χ2n) is 13.5. The molecule has 1 aliphatic rings. The highest BCUT2D eigenvalue weighted by atomic mass is 28.4.